The monoisotopic (exact) mass is 408 g/mol. The second kappa shape index (κ2) is 11.2. The lowest BCUT2D eigenvalue weighted by atomic mass is 9.87. The lowest BCUT2D eigenvalue weighted by molar-refractivity contribution is 0.501. The minimum Gasteiger partial charge on any atom is -0.203 e. The number of benzene rings is 2. The average molecular weight is 409 g/mol. The lowest BCUT2D eigenvalue weighted by Crippen LogP contribution is -2.03. The van der Waals surface area contributed by atoms with Gasteiger partial charge in [-0.1, -0.05) is 86.9 Å². The number of hydrogen-bond donors (Lipinski definition) is 0. The molecule has 1 atom stereocenters. The summed E-state index contributed by atoms with van der Waals surface area (Å²) in [6.45, 7) is 4.36. The summed E-state index contributed by atoms with van der Waals surface area (Å²) in [5.74, 6) is -0.853. The Balaban J connectivity index is 1.58. The SMILES string of the molecule is CCCC1=CCC(/C=C/CCc2ccc(-c3ccc(CCC)cc3)c(F)c2F)CC1. The van der Waals surface area contributed by atoms with Crippen LogP contribution >= 0.6 is 0 Å². The van der Waals surface area contributed by atoms with Gasteiger partial charge < -0.3 is 0 Å². The van der Waals surface area contributed by atoms with Gasteiger partial charge >= 0.3 is 0 Å². The fourth-order valence-electron chi connectivity index (χ4n) is 4.30. The van der Waals surface area contributed by atoms with Crippen LogP contribution in [0.15, 0.2) is 60.2 Å². The van der Waals surface area contributed by atoms with E-state index in [0.717, 1.165) is 31.2 Å². The van der Waals surface area contributed by atoms with Crippen molar-refractivity contribution in [1.29, 1.82) is 0 Å². The van der Waals surface area contributed by atoms with E-state index in [1.54, 1.807) is 17.7 Å². The first-order valence-corrected chi connectivity index (χ1v) is 11.5. The van der Waals surface area contributed by atoms with Crippen molar-refractivity contribution in [3.63, 3.8) is 0 Å². The summed E-state index contributed by atoms with van der Waals surface area (Å²) in [6.07, 6.45) is 16.1. The third-order valence-electron chi connectivity index (χ3n) is 6.07. The molecule has 0 aromatic heterocycles. The zero-order valence-electron chi connectivity index (χ0n) is 18.4. The van der Waals surface area contributed by atoms with Crippen molar-refractivity contribution in [3.8, 4) is 11.1 Å². The number of aryl methyl sites for hydroxylation is 2. The Morgan fingerprint density at radius 1 is 0.900 bits per heavy atom. The van der Waals surface area contributed by atoms with Gasteiger partial charge in [-0.05, 0) is 67.6 Å². The van der Waals surface area contributed by atoms with E-state index in [-0.39, 0.29) is 0 Å². The molecule has 2 aromatic carbocycles. The summed E-state index contributed by atoms with van der Waals surface area (Å²) in [4.78, 5) is 0. The topological polar surface area (TPSA) is 0 Å². The molecule has 0 saturated carbocycles. The molecule has 160 valence electrons. The van der Waals surface area contributed by atoms with Gasteiger partial charge in [-0.15, -0.1) is 0 Å². The molecule has 0 spiro atoms. The second-order valence-corrected chi connectivity index (χ2v) is 8.46. The fraction of sp³-hybridized carbons (Fsp3) is 0.429. The van der Waals surface area contributed by atoms with Crippen LogP contribution in [0.4, 0.5) is 8.78 Å². The van der Waals surface area contributed by atoms with Crippen LogP contribution in [0, 0.1) is 17.6 Å². The van der Waals surface area contributed by atoms with E-state index in [1.165, 1.54) is 31.2 Å². The lowest BCUT2D eigenvalue weighted by Gasteiger charge is -2.18. The van der Waals surface area contributed by atoms with Crippen molar-refractivity contribution in [2.45, 2.75) is 71.6 Å². The minimum absolute atomic E-state index is 0.340. The van der Waals surface area contributed by atoms with Gasteiger partial charge in [0.05, 0.1) is 0 Å². The molecule has 0 amide bonds. The van der Waals surface area contributed by atoms with Gasteiger partial charge in [0.1, 0.15) is 0 Å². The molecule has 0 aliphatic heterocycles. The van der Waals surface area contributed by atoms with E-state index in [0.29, 0.717) is 23.5 Å². The third-order valence-corrected chi connectivity index (χ3v) is 6.07. The zero-order valence-corrected chi connectivity index (χ0v) is 18.4. The van der Waals surface area contributed by atoms with Crippen molar-refractivity contribution in [2.75, 3.05) is 0 Å². The Kier molecular flexibility index (Phi) is 8.42. The summed E-state index contributed by atoms with van der Waals surface area (Å²) in [5, 5.41) is 0. The highest BCUT2D eigenvalue weighted by molar-refractivity contribution is 5.65. The van der Waals surface area contributed by atoms with E-state index in [9.17, 15) is 8.78 Å². The summed E-state index contributed by atoms with van der Waals surface area (Å²) < 4.78 is 29.3. The van der Waals surface area contributed by atoms with Gasteiger partial charge in [-0.2, -0.15) is 0 Å². The molecule has 0 saturated heterocycles. The number of hydrogen-bond acceptors (Lipinski definition) is 0. The van der Waals surface area contributed by atoms with E-state index in [2.05, 4.69) is 32.1 Å². The number of rotatable bonds is 9. The third kappa shape index (κ3) is 5.90. The highest BCUT2D eigenvalue weighted by atomic mass is 19.2. The molecule has 2 heteroatoms. The molecular formula is C28H34F2. The summed E-state index contributed by atoms with van der Waals surface area (Å²) in [6, 6.07) is 11.2. The maximum atomic E-state index is 14.7. The summed E-state index contributed by atoms with van der Waals surface area (Å²) in [7, 11) is 0. The van der Waals surface area contributed by atoms with E-state index < -0.39 is 11.6 Å². The van der Waals surface area contributed by atoms with Crippen molar-refractivity contribution < 1.29 is 8.78 Å². The van der Waals surface area contributed by atoms with Gasteiger partial charge in [0.15, 0.2) is 11.6 Å². The molecule has 0 fully saturated rings. The Labute approximate surface area is 180 Å². The molecule has 2 aromatic rings. The average Bonchev–Trinajstić information content (AvgIpc) is 2.76. The predicted molar refractivity (Wildman–Crippen MR) is 124 cm³/mol. The van der Waals surface area contributed by atoms with Gasteiger partial charge in [-0.3, -0.25) is 0 Å². The van der Waals surface area contributed by atoms with Crippen LogP contribution in [-0.4, -0.2) is 0 Å². The Bertz CT molecular complexity index is 874. The normalized spacial score (nSPS) is 16.8. The van der Waals surface area contributed by atoms with Gasteiger partial charge in [0.2, 0.25) is 0 Å². The first kappa shape index (κ1) is 22.5. The summed E-state index contributed by atoms with van der Waals surface area (Å²) in [5.41, 5.74) is 4.34. The van der Waals surface area contributed by atoms with Crippen molar-refractivity contribution >= 4 is 0 Å². The first-order valence-electron chi connectivity index (χ1n) is 11.5. The maximum Gasteiger partial charge on any atom is 0.166 e. The smallest absolute Gasteiger partial charge is 0.166 e. The molecule has 30 heavy (non-hydrogen) atoms. The first-order chi connectivity index (χ1) is 14.6. The van der Waals surface area contributed by atoms with Crippen LogP contribution in [0.2, 0.25) is 0 Å². The molecule has 1 aliphatic rings. The molecule has 0 radical (unpaired) electrons. The van der Waals surface area contributed by atoms with Crippen LogP contribution in [-0.2, 0) is 12.8 Å². The van der Waals surface area contributed by atoms with Crippen LogP contribution < -0.4 is 0 Å². The highest BCUT2D eigenvalue weighted by Crippen LogP contribution is 2.29. The Hall–Kier alpha value is -2.22. The van der Waals surface area contributed by atoms with E-state index >= 15 is 0 Å². The van der Waals surface area contributed by atoms with E-state index in [4.69, 9.17) is 0 Å². The van der Waals surface area contributed by atoms with Gasteiger partial charge in [-0.25, -0.2) is 8.78 Å². The molecule has 3 rings (SSSR count). The summed E-state index contributed by atoms with van der Waals surface area (Å²) >= 11 is 0. The maximum absolute atomic E-state index is 14.7. The molecule has 0 N–H and O–H groups in total. The van der Waals surface area contributed by atoms with Crippen LogP contribution in [0.25, 0.3) is 11.1 Å². The van der Waals surface area contributed by atoms with Crippen LogP contribution in [0.1, 0.15) is 69.9 Å². The standard InChI is InChI=1S/C28H34F2/c1-3-7-21-11-13-23(14-12-21)9-5-6-10-25-19-20-26(28(30)27(25)29)24-17-15-22(8-4-2)16-18-24/h5,9,11,15-20,23H,3-4,6-8,10,12-14H2,1-2H3/b9-5+. The molecular weight excluding hydrogens is 374 g/mol. The Morgan fingerprint density at radius 3 is 2.33 bits per heavy atom. The predicted octanol–water partition coefficient (Wildman–Crippen LogP) is 8.60. The molecule has 1 aliphatic carbocycles. The largest absolute Gasteiger partial charge is 0.203 e. The second-order valence-electron chi connectivity index (χ2n) is 8.46. The highest BCUT2D eigenvalue weighted by Gasteiger charge is 2.15. The van der Waals surface area contributed by atoms with Crippen molar-refractivity contribution in [2.24, 2.45) is 5.92 Å². The van der Waals surface area contributed by atoms with E-state index in [1.807, 2.05) is 24.3 Å². The molecule has 1 unspecified atom stereocenters. The van der Waals surface area contributed by atoms with Crippen LogP contribution in [0.3, 0.4) is 0 Å². The minimum atomic E-state index is -0.736. The van der Waals surface area contributed by atoms with Gasteiger partial charge in [0.25, 0.3) is 0 Å². The Morgan fingerprint density at radius 2 is 1.67 bits per heavy atom. The molecule has 0 nitrogen and oxygen atoms in total. The van der Waals surface area contributed by atoms with Crippen molar-refractivity contribution in [1.82, 2.24) is 0 Å². The number of allylic oxidation sites excluding steroid dienone is 4. The van der Waals surface area contributed by atoms with Crippen molar-refractivity contribution in [3.05, 3.63) is 83.0 Å². The van der Waals surface area contributed by atoms with Crippen LogP contribution in [0.5, 0.6) is 0 Å². The quantitative estimate of drug-likeness (QED) is 0.364. The number of halogens is 2. The molecule has 0 heterocycles. The molecule has 0 bridgehead atoms. The van der Waals surface area contributed by atoms with Gasteiger partial charge in [0, 0.05) is 5.56 Å². The zero-order chi connectivity index (χ0) is 21.3. The fourth-order valence-corrected chi connectivity index (χ4v) is 4.30.